The van der Waals surface area contributed by atoms with Crippen LogP contribution in [-0.2, 0) is 0 Å². The van der Waals surface area contributed by atoms with Gasteiger partial charge in [0.2, 0.25) is 5.95 Å². The van der Waals surface area contributed by atoms with Crippen molar-refractivity contribution in [2.45, 2.75) is 6.92 Å². The second-order valence-electron chi connectivity index (χ2n) is 9.05. The molecule has 4 heterocycles. The van der Waals surface area contributed by atoms with Crippen LogP contribution in [0.3, 0.4) is 0 Å². The lowest BCUT2D eigenvalue weighted by molar-refractivity contribution is 0.267. The standard InChI is InChI=1S/C27H27ClN8/c1-19-8-9-21(28)17-24(19)35-15-13-34(14-16-35)12-11-30-27-31-23-7-3-2-6-22(23)26-32-25(33-36(26)27)20-5-4-10-29-18-20/h2-10,17-18H,11-16H2,1H3,(H,30,31). The summed E-state index contributed by atoms with van der Waals surface area (Å²) in [6.07, 6.45) is 3.53. The fourth-order valence-electron chi connectivity index (χ4n) is 4.75. The van der Waals surface area contributed by atoms with Crippen molar-refractivity contribution in [1.29, 1.82) is 0 Å². The molecule has 0 saturated carbocycles. The fraction of sp³-hybridized carbons (Fsp3) is 0.259. The average molecular weight is 499 g/mol. The number of pyridine rings is 1. The van der Waals surface area contributed by atoms with Crippen molar-refractivity contribution in [3.63, 3.8) is 0 Å². The lowest BCUT2D eigenvalue weighted by Crippen LogP contribution is -2.47. The maximum absolute atomic E-state index is 6.24. The molecule has 6 rings (SSSR count). The summed E-state index contributed by atoms with van der Waals surface area (Å²) < 4.78 is 1.81. The summed E-state index contributed by atoms with van der Waals surface area (Å²) in [6.45, 7) is 7.80. The molecule has 36 heavy (non-hydrogen) atoms. The molecule has 0 aliphatic carbocycles. The van der Waals surface area contributed by atoms with Gasteiger partial charge >= 0.3 is 0 Å². The van der Waals surface area contributed by atoms with E-state index in [1.807, 2.05) is 47.0 Å². The molecule has 3 aromatic heterocycles. The summed E-state index contributed by atoms with van der Waals surface area (Å²) in [4.78, 5) is 18.8. The Morgan fingerprint density at radius 1 is 0.972 bits per heavy atom. The third kappa shape index (κ3) is 4.45. The van der Waals surface area contributed by atoms with Crippen LogP contribution in [0.2, 0.25) is 5.02 Å². The Morgan fingerprint density at radius 2 is 1.83 bits per heavy atom. The Morgan fingerprint density at radius 3 is 2.67 bits per heavy atom. The van der Waals surface area contributed by atoms with Crippen molar-refractivity contribution < 1.29 is 0 Å². The molecule has 182 valence electrons. The van der Waals surface area contributed by atoms with Gasteiger partial charge in [-0.05, 0) is 48.9 Å². The van der Waals surface area contributed by atoms with Crippen LogP contribution in [0, 0.1) is 6.92 Å². The summed E-state index contributed by atoms with van der Waals surface area (Å²) in [5, 5.41) is 10.0. The first-order chi connectivity index (χ1) is 17.7. The monoisotopic (exact) mass is 498 g/mol. The largest absolute Gasteiger partial charge is 0.369 e. The van der Waals surface area contributed by atoms with Crippen LogP contribution < -0.4 is 10.2 Å². The molecule has 0 bridgehead atoms. The van der Waals surface area contributed by atoms with Gasteiger partial charge in [-0.3, -0.25) is 9.88 Å². The Labute approximate surface area is 214 Å². The number of aryl methyl sites for hydroxylation is 1. The molecule has 0 amide bonds. The molecule has 1 saturated heterocycles. The number of nitrogens with one attached hydrogen (secondary N) is 1. The van der Waals surface area contributed by atoms with Gasteiger partial charge < -0.3 is 10.2 Å². The Kier molecular flexibility index (Phi) is 6.13. The smallest absolute Gasteiger partial charge is 0.226 e. The second kappa shape index (κ2) is 9.72. The van der Waals surface area contributed by atoms with Gasteiger partial charge in [0.05, 0.1) is 5.52 Å². The minimum Gasteiger partial charge on any atom is -0.369 e. The van der Waals surface area contributed by atoms with Crippen molar-refractivity contribution in [2.24, 2.45) is 0 Å². The molecule has 1 fully saturated rings. The predicted molar refractivity (Wildman–Crippen MR) is 145 cm³/mol. The van der Waals surface area contributed by atoms with Gasteiger partial charge in [-0.1, -0.05) is 29.8 Å². The minimum absolute atomic E-state index is 0.636. The normalized spacial score (nSPS) is 14.6. The van der Waals surface area contributed by atoms with Crippen molar-refractivity contribution in [3.8, 4) is 11.4 Å². The molecular formula is C27H27ClN8. The van der Waals surface area contributed by atoms with Gasteiger partial charge in [0.15, 0.2) is 11.5 Å². The molecular weight excluding hydrogens is 472 g/mol. The molecule has 1 aliphatic rings. The summed E-state index contributed by atoms with van der Waals surface area (Å²) in [5.41, 5.74) is 5.05. The average Bonchev–Trinajstić information content (AvgIpc) is 3.37. The maximum Gasteiger partial charge on any atom is 0.226 e. The van der Waals surface area contributed by atoms with E-state index in [2.05, 4.69) is 39.2 Å². The highest BCUT2D eigenvalue weighted by molar-refractivity contribution is 6.30. The molecule has 0 radical (unpaired) electrons. The highest BCUT2D eigenvalue weighted by Gasteiger charge is 2.19. The summed E-state index contributed by atoms with van der Waals surface area (Å²) in [5.74, 6) is 1.33. The summed E-state index contributed by atoms with van der Waals surface area (Å²) >= 11 is 6.24. The quantitative estimate of drug-likeness (QED) is 0.368. The van der Waals surface area contributed by atoms with Crippen LogP contribution in [0.5, 0.6) is 0 Å². The minimum atomic E-state index is 0.636. The zero-order valence-electron chi connectivity index (χ0n) is 20.1. The highest BCUT2D eigenvalue weighted by atomic mass is 35.5. The van der Waals surface area contributed by atoms with E-state index in [-0.39, 0.29) is 0 Å². The predicted octanol–water partition coefficient (Wildman–Crippen LogP) is 4.54. The topological polar surface area (TPSA) is 74.5 Å². The molecule has 5 aromatic rings. The van der Waals surface area contributed by atoms with E-state index < -0.39 is 0 Å². The van der Waals surface area contributed by atoms with Gasteiger partial charge in [-0.2, -0.15) is 4.52 Å². The molecule has 0 spiro atoms. The van der Waals surface area contributed by atoms with Gasteiger partial charge in [0.1, 0.15) is 0 Å². The molecule has 8 nitrogen and oxygen atoms in total. The summed E-state index contributed by atoms with van der Waals surface area (Å²) in [6, 6.07) is 18.0. The van der Waals surface area contributed by atoms with E-state index >= 15 is 0 Å². The van der Waals surface area contributed by atoms with Gasteiger partial charge in [-0.25, -0.2) is 9.97 Å². The second-order valence-corrected chi connectivity index (χ2v) is 9.49. The lowest BCUT2D eigenvalue weighted by atomic mass is 10.1. The van der Waals surface area contributed by atoms with Crippen LogP contribution in [0.15, 0.2) is 67.0 Å². The number of aromatic nitrogens is 5. The van der Waals surface area contributed by atoms with E-state index in [0.29, 0.717) is 11.8 Å². The first-order valence-electron chi connectivity index (χ1n) is 12.2. The van der Waals surface area contributed by atoms with Crippen LogP contribution in [0.1, 0.15) is 5.56 Å². The van der Waals surface area contributed by atoms with Crippen LogP contribution in [0.25, 0.3) is 27.9 Å². The number of anilines is 2. The lowest BCUT2D eigenvalue weighted by Gasteiger charge is -2.36. The van der Waals surface area contributed by atoms with E-state index in [4.69, 9.17) is 26.7 Å². The zero-order valence-corrected chi connectivity index (χ0v) is 20.9. The van der Waals surface area contributed by atoms with Crippen molar-refractivity contribution in [2.75, 3.05) is 49.5 Å². The highest BCUT2D eigenvalue weighted by Crippen LogP contribution is 2.26. The maximum atomic E-state index is 6.24. The number of rotatable bonds is 6. The van der Waals surface area contributed by atoms with Gasteiger partial charge in [-0.15, -0.1) is 5.10 Å². The number of piperazine rings is 1. The van der Waals surface area contributed by atoms with Crippen LogP contribution >= 0.6 is 11.6 Å². The van der Waals surface area contributed by atoms with Crippen molar-refractivity contribution >= 4 is 39.8 Å². The number of nitrogens with zero attached hydrogens (tertiary/aromatic N) is 7. The third-order valence-corrected chi connectivity index (χ3v) is 6.93. The van der Waals surface area contributed by atoms with E-state index in [0.717, 1.165) is 66.4 Å². The van der Waals surface area contributed by atoms with E-state index in [1.54, 1.807) is 12.4 Å². The number of halogens is 1. The Hall–Kier alpha value is -3.75. The zero-order chi connectivity index (χ0) is 24.5. The van der Waals surface area contributed by atoms with Crippen LogP contribution in [-0.4, -0.2) is 68.7 Å². The first kappa shape index (κ1) is 22.7. The van der Waals surface area contributed by atoms with Gasteiger partial charge in [0, 0.05) is 73.3 Å². The van der Waals surface area contributed by atoms with E-state index in [9.17, 15) is 0 Å². The molecule has 0 unspecified atom stereocenters. The number of benzene rings is 2. The summed E-state index contributed by atoms with van der Waals surface area (Å²) in [7, 11) is 0. The molecule has 2 aromatic carbocycles. The number of para-hydroxylation sites is 1. The number of fused-ring (bicyclic) bond motifs is 3. The van der Waals surface area contributed by atoms with E-state index in [1.165, 1.54) is 11.3 Å². The molecule has 9 heteroatoms. The SMILES string of the molecule is Cc1ccc(Cl)cc1N1CCN(CCNc2nc3ccccc3c3nc(-c4cccnc4)nn23)CC1. The molecule has 1 aliphatic heterocycles. The van der Waals surface area contributed by atoms with Crippen LogP contribution in [0.4, 0.5) is 11.6 Å². The number of hydrogen-bond acceptors (Lipinski definition) is 7. The van der Waals surface area contributed by atoms with Crippen molar-refractivity contribution in [3.05, 3.63) is 77.6 Å². The first-order valence-corrected chi connectivity index (χ1v) is 12.6. The van der Waals surface area contributed by atoms with Gasteiger partial charge in [0.25, 0.3) is 0 Å². The van der Waals surface area contributed by atoms with Crippen molar-refractivity contribution in [1.82, 2.24) is 29.5 Å². The molecule has 0 atom stereocenters. The Bertz CT molecular complexity index is 1510. The molecule has 1 N–H and O–H groups in total. The number of hydrogen-bond donors (Lipinski definition) is 1. The Balaban J connectivity index is 1.17. The third-order valence-electron chi connectivity index (χ3n) is 6.69. The fourth-order valence-corrected chi connectivity index (χ4v) is 4.92.